The van der Waals surface area contributed by atoms with Crippen LogP contribution in [0.15, 0.2) is 53.7 Å². The van der Waals surface area contributed by atoms with Crippen LogP contribution in [0.5, 0.6) is 0 Å². The lowest BCUT2D eigenvalue weighted by Gasteiger charge is -2.32. The van der Waals surface area contributed by atoms with Gasteiger partial charge in [-0.1, -0.05) is 59.2 Å². The maximum absolute atomic E-state index is 11.8. The predicted octanol–water partition coefficient (Wildman–Crippen LogP) is 5.60. The van der Waals surface area contributed by atoms with Crippen molar-refractivity contribution in [2.24, 2.45) is 0 Å². The normalized spacial score (nSPS) is 21.5. The van der Waals surface area contributed by atoms with E-state index < -0.39 is 5.60 Å². The van der Waals surface area contributed by atoms with E-state index in [-0.39, 0.29) is 18.5 Å². The van der Waals surface area contributed by atoms with Gasteiger partial charge in [-0.3, -0.25) is 4.79 Å². The predicted molar refractivity (Wildman–Crippen MR) is 120 cm³/mol. The third kappa shape index (κ3) is 5.01. The molecule has 8 heteroatoms. The van der Waals surface area contributed by atoms with Gasteiger partial charge >= 0.3 is 5.97 Å². The van der Waals surface area contributed by atoms with Crippen LogP contribution in [0.4, 0.5) is 0 Å². The number of esters is 1. The minimum absolute atomic E-state index is 0.0206. The van der Waals surface area contributed by atoms with Crippen LogP contribution < -0.4 is 0 Å². The molecule has 3 aromatic rings. The molecule has 5 nitrogen and oxygen atoms in total. The molecule has 0 spiro atoms. The highest BCUT2D eigenvalue weighted by Crippen LogP contribution is 2.35. The minimum atomic E-state index is -1.04. The van der Waals surface area contributed by atoms with Gasteiger partial charge in [0.1, 0.15) is 6.10 Å². The van der Waals surface area contributed by atoms with E-state index >= 15 is 0 Å². The first-order chi connectivity index (χ1) is 14.3. The van der Waals surface area contributed by atoms with Crippen molar-refractivity contribution in [3.63, 3.8) is 0 Å². The van der Waals surface area contributed by atoms with E-state index in [0.29, 0.717) is 27.4 Å². The van der Waals surface area contributed by atoms with Gasteiger partial charge in [-0.25, -0.2) is 4.98 Å². The number of carbonyl (C=O) groups excluding carboxylic acids is 1. The average molecular weight is 463 g/mol. The molecule has 2 N–H and O–H groups in total. The van der Waals surface area contributed by atoms with Crippen molar-refractivity contribution in [3.8, 4) is 22.5 Å². The van der Waals surface area contributed by atoms with E-state index in [1.807, 2.05) is 48.5 Å². The number of aromatic amines is 1. The summed E-state index contributed by atoms with van der Waals surface area (Å²) in [6.45, 7) is 1.66. The van der Waals surface area contributed by atoms with E-state index in [0.717, 1.165) is 22.5 Å². The van der Waals surface area contributed by atoms with Gasteiger partial charge in [-0.2, -0.15) is 0 Å². The van der Waals surface area contributed by atoms with Crippen molar-refractivity contribution >= 4 is 40.9 Å². The van der Waals surface area contributed by atoms with E-state index in [1.165, 1.54) is 11.8 Å². The highest BCUT2D eigenvalue weighted by molar-refractivity contribution is 7.99. The Kier molecular flexibility index (Phi) is 6.11. The number of halogens is 2. The number of hydrogen-bond acceptors (Lipinski definition) is 5. The quantitative estimate of drug-likeness (QED) is 0.381. The second kappa shape index (κ2) is 8.63. The lowest BCUT2D eigenvalue weighted by Crippen LogP contribution is -2.41. The summed E-state index contributed by atoms with van der Waals surface area (Å²) < 4.78 is 5.39. The van der Waals surface area contributed by atoms with Crippen molar-refractivity contribution < 1.29 is 14.6 Å². The monoisotopic (exact) mass is 462 g/mol. The number of hydrogen-bond donors (Lipinski definition) is 2. The number of nitrogens with one attached hydrogen (secondary N) is 1. The fourth-order valence-electron chi connectivity index (χ4n) is 3.53. The molecule has 0 saturated carbocycles. The van der Waals surface area contributed by atoms with Crippen LogP contribution >= 0.6 is 35.0 Å². The molecular formula is C22H20Cl2N2O3S. The molecule has 156 valence electrons. The van der Waals surface area contributed by atoms with Gasteiger partial charge in [0.15, 0.2) is 5.16 Å². The fraction of sp³-hybridized carbons (Fsp3) is 0.273. The Morgan fingerprint density at radius 1 is 1.20 bits per heavy atom. The Bertz CT molecular complexity index is 1020. The maximum atomic E-state index is 11.8. The first kappa shape index (κ1) is 21.2. The molecule has 2 atom stereocenters. The summed E-state index contributed by atoms with van der Waals surface area (Å²) in [5, 5.41) is 12.2. The second-order valence-electron chi connectivity index (χ2n) is 7.59. The number of H-pyrrole nitrogens is 1. The Hall–Kier alpha value is -1.99. The number of nitrogens with zero attached hydrogens (tertiary/aromatic N) is 1. The molecule has 0 bridgehead atoms. The molecule has 2 heterocycles. The number of rotatable bonds is 5. The zero-order valence-corrected chi connectivity index (χ0v) is 18.5. The zero-order chi connectivity index (χ0) is 21.3. The van der Waals surface area contributed by atoms with Crippen LogP contribution in [0.2, 0.25) is 10.0 Å². The molecule has 1 aromatic heterocycles. The van der Waals surface area contributed by atoms with Crippen molar-refractivity contribution in [1.29, 1.82) is 0 Å². The van der Waals surface area contributed by atoms with Gasteiger partial charge in [-0.15, -0.1) is 0 Å². The van der Waals surface area contributed by atoms with E-state index in [4.69, 9.17) is 32.9 Å². The maximum Gasteiger partial charge on any atom is 0.309 e. The Morgan fingerprint density at radius 3 is 2.53 bits per heavy atom. The minimum Gasteiger partial charge on any atom is -0.461 e. The van der Waals surface area contributed by atoms with Crippen LogP contribution in [0.3, 0.4) is 0 Å². The van der Waals surface area contributed by atoms with Gasteiger partial charge in [0, 0.05) is 33.3 Å². The molecule has 30 heavy (non-hydrogen) atoms. The summed E-state index contributed by atoms with van der Waals surface area (Å²) in [6, 6.07) is 15.0. The lowest BCUT2D eigenvalue weighted by molar-refractivity contribution is -0.165. The topological polar surface area (TPSA) is 75.2 Å². The summed E-state index contributed by atoms with van der Waals surface area (Å²) in [4.78, 5) is 19.9. The number of aliphatic hydroxyl groups is 1. The Morgan fingerprint density at radius 2 is 1.87 bits per heavy atom. The van der Waals surface area contributed by atoms with Crippen LogP contribution in [0, 0.1) is 0 Å². The SMILES string of the molecule is CC1(O)CC(=O)O[C@H](CSc2nc(-c3cccc(Cl)c3)c(-c3cccc(Cl)c3)[nH]2)C1. The standard InChI is InChI=1S/C22H20Cl2N2O3S/c1-22(28)10-17(29-18(27)11-22)12-30-21-25-19(13-4-2-6-15(23)8-13)20(26-21)14-5-3-7-16(24)9-14/h2-9,17,28H,10-12H2,1H3,(H,25,26)/t17-,22?/m0/s1. The summed E-state index contributed by atoms with van der Waals surface area (Å²) in [5.41, 5.74) is 2.34. The van der Waals surface area contributed by atoms with Gasteiger partial charge in [0.05, 0.1) is 23.4 Å². The van der Waals surface area contributed by atoms with E-state index in [2.05, 4.69) is 4.98 Å². The van der Waals surface area contributed by atoms with E-state index in [9.17, 15) is 9.90 Å². The highest BCUT2D eigenvalue weighted by Gasteiger charge is 2.36. The second-order valence-corrected chi connectivity index (χ2v) is 9.47. The zero-order valence-electron chi connectivity index (χ0n) is 16.2. The van der Waals surface area contributed by atoms with Crippen molar-refractivity contribution in [1.82, 2.24) is 9.97 Å². The number of cyclic esters (lactones) is 1. The number of aromatic nitrogens is 2. The third-order valence-electron chi connectivity index (χ3n) is 4.79. The molecule has 1 fully saturated rings. The molecule has 4 rings (SSSR count). The molecule has 0 radical (unpaired) electrons. The van der Waals surface area contributed by atoms with Crippen LogP contribution in [0.1, 0.15) is 19.8 Å². The van der Waals surface area contributed by atoms with E-state index in [1.54, 1.807) is 6.92 Å². The van der Waals surface area contributed by atoms with Crippen LogP contribution in [-0.4, -0.2) is 38.5 Å². The summed E-state index contributed by atoms with van der Waals surface area (Å²) >= 11 is 13.8. The van der Waals surface area contributed by atoms with Crippen LogP contribution in [-0.2, 0) is 9.53 Å². The molecule has 0 amide bonds. The Labute approximate surface area is 188 Å². The van der Waals surface area contributed by atoms with Crippen molar-refractivity contribution in [2.75, 3.05) is 5.75 Å². The average Bonchev–Trinajstić information content (AvgIpc) is 3.09. The summed E-state index contributed by atoms with van der Waals surface area (Å²) in [7, 11) is 0. The number of ether oxygens (including phenoxy) is 1. The fourth-order valence-corrected chi connectivity index (χ4v) is 4.77. The number of benzene rings is 2. The van der Waals surface area contributed by atoms with Gasteiger partial charge in [0.25, 0.3) is 0 Å². The lowest BCUT2D eigenvalue weighted by atomic mass is 9.93. The Balaban J connectivity index is 1.63. The molecule has 1 aliphatic rings. The van der Waals surface area contributed by atoms with Crippen molar-refractivity contribution in [2.45, 2.75) is 36.6 Å². The van der Waals surface area contributed by atoms with Gasteiger partial charge < -0.3 is 14.8 Å². The van der Waals surface area contributed by atoms with Gasteiger partial charge in [0.2, 0.25) is 0 Å². The van der Waals surface area contributed by atoms with Crippen LogP contribution in [0.25, 0.3) is 22.5 Å². The number of thioether (sulfide) groups is 1. The van der Waals surface area contributed by atoms with Gasteiger partial charge in [-0.05, 0) is 31.2 Å². The molecule has 0 aliphatic carbocycles. The molecule has 1 saturated heterocycles. The smallest absolute Gasteiger partial charge is 0.309 e. The number of imidazole rings is 1. The molecule has 2 aromatic carbocycles. The first-order valence-corrected chi connectivity index (χ1v) is 11.2. The largest absolute Gasteiger partial charge is 0.461 e. The highest BCUT2D eigenvalue weighted by atomic mass is 35.5. The molecular weight excluding hydrogens is 443 g/mol. The summed E-state index contributed by atoms with van der Waals surface area (Å²) in [5.74, 6) is 0.106. The number of carbonyl (C=O) groups is 1. The molecule has 1 unspecified atom stereocenters. The third-order valence-corrected chi connectivity index (χ3v) is 6.27. The first-order valence-electron chi connectivity index (χ1n) is 9.46. The summed E-state index contributed by atoms with van der Waals surface area (Å²) in [6.07, 6.45) is 0.0437. The van der Waals surface area contributed by atoms with Crippen molar-refractivity contribution in [3.05, 3.63) is 58.6 Å². The molecule has 1 aliphatic heterocycles.